The molecule has 28 heavy (non-hydrogen) atoms. The molecular weight excluding hydrogens is 350 g/mol. The maximum absolute atomic E-state index is 4.67. The summed E-state index contributed by atoms with van der Waals surface area (Å²) >= 11 is 0. The van der Waals surface area contributed by atoms with Gasteiger partial charge in [-0.1, -0.05) is 18.9 Å². The van der Waals surface area contributed by atoms with Gasteiger partial charge in [-0.25, -0.2) is 14.6 Å². The van der Waals surface area contributed by atoms with Gasteiger partial charge >= 0.3 is 0 Å². The van der Waals surface area contributed by atoms with E-state index in [1.165, 1.54) is 25.7 Å². The molecule has 0 unspecified atom stereocenters. The van der Waals surface area contributed by atoms with Crippen LogP contribution >= 0.6 is 0 Å². The molecule has 3 aromatic heterocycles. The van der Waals surface area contributed by atoms with Crippen molar-refractivity contribution in [1.29, 1.82) is 0 Å². The summed E-state index contributed by atoms with van der Waals surface area (Å²) in [6.45, 7) is 6.86. The SMILES string of the molecule is Cc1cc(C)n(-c2cncc(NCc3ccc(N4CCCCCC4)nc3)n2)n1. The summed E-state index contributed by atoms with van der Waals surface area (Å²) in [7, 11) is 0. The molecule has 1 fully saturated rings. The molecule has 3 aromatic rings. The number of anilines is 2. The van der Waals surface area contributed by atoms with E-state index in [0.29, 0.717) is 12.4 Å². The first-order valence-corrected chi connectivity index (χ1v) is 9.98. The van der Waals surface area contributed by atoms with Crippen molar-refractivity contribution in [1.82, 2.24) is 24.7 Å². The van der Waals surface area contributed by atoms with E-state index in [9.17, 15) is 0 Å². The molecule has 0 atom stereocenters. The van der Waals surface area contributed by atoms with Gasteiger partial charge in [0.2, 0.25) is 0 Å². The topological polar surface area (TPSA) is 71.8 Å². The molecule has 7 nitrogen and oxygen atoms in total. The fraction of sp³-hybridized carbons (Fsp3) is 0.429. The smallest absolute Gasteiger partial charge is 0.174 e. The molecule has 0 amide bonds. The van der Waals surface area contributed by atoms with Crippen molar-refractivity contribution < 1.29 is 0 Å². The van der Waals surface area contributed by atoms with Gasteiger partial charge in [-0.05, 0) is 44.4 Å². The molecule has 4 heterocycles. The summed E-state index contributed by atoms with van der Waals surface area (Å²) in [5.41, 5.74) is 3.13. The van der Waals surface area contributed by atoms with E-state index in [4.69, 9.17) is 0 Å². The normalized spacial score (nSPS) is 14.7. The standard InChI is InChI=1S/C21H27N7/c1-16-11-17(2)28(26-16)21-15-22-14-19(25-21)23-12-18-7-8-20(24-13-18)27-9-5-3-4-6-10-27/h7-8,11,13-15H,3-6,9-10,12H2,1-2H3,(H,23,25). The van der Waals surface area contributed by atoms with E-state index < -0.39 is 0 Å². The van der Waals surface area contributed by atoms with Crippen LogP contribution in [0.5, 0.6) is 0 Å². The molecule has 1 aliphatic heterocycles. The predicted molar refractivity (Wildman–Crippen MR) is 111 cm³/mol. The van der Waals surface area contributed by atoms with E-state index in [0.717, 1.165) is 41.7 Å². The fourth-order valence-corrected chi connectivity index (χ4v) is 3.60. The molecule has 4 rings (SSSR count). The lowest BCUT2D eigenvalue weighted by atomic mass is 10.2. The van der Waals surface area contributed by atoms with E-state index in [2.05, 4.69) is 42.4 Å². The molecule has 0 aromatic carbocycles. The lowest BCUT2D eigenvalue weighted by Gasteiger charge is -2.21. The van der Waals surface area contributed by atoms with Crippen LogP contribution in [0.3, 0.4) is 0 Å². The molecule has 1 aliphatic rings. The van der Waals surface area contributed by atoms with Gasteiger partial charge in [0.05, 0.1) is 18.1 Å². The van der Waals surface area contributed by atoms with Crippen LogP contribution in [0.2, 0.25) is 0 Å². The molecule has 0 aliphatic carbocycles. The van der Waals surface area contributed by atoms with Gasteiger partial charge in [0.1, 0.15) is 11.6 Å². The van der Waals surface area contributed by atoms with Crippen molar-refractivity contribution in [2.45, 2.75) is 46.1 Å². The molecule has 1 N–H and O–H groups in total. The van der Waals surface area contributed by atoms with Crippen molar-refractivity contribution in [2.24, 2.45) is 0 Å². The van der Waals surface area contributed by atoms with Crippen molar-refractivity contribution in [2.75, 3.05) is 23.3 Å². The van der Waals surface area contributed by atoms with Gasteiger partial charge in [-0.2, -0.15) is 5.10 Å². The Hall–Kier alpha value is -2.96. The Balaban J connectivity index is 1.40. The molecule has 0 radical (unpaired) electrons. The summed E-state index contributed by atoms with van der Waals surface area (Å²) < 4.78 is 1.81. The van der Waals surface area contributed by atoms with Gasteiger partial charge in [-0.3, -0.25) is 4.98 Å². The van der Waals surface area contributed by atoms with Crippen molar-refractivity contribution in [3.8, 4) is 5.82 Å². The average molecular weight is 377 g/mol. The van der Waals surface area contributed by atoms with Crippen LogP contribution in [0.15, 0.2) is 36.8 Å². The van der Waals surface area contributed by atoms with Crippen LogP contribution in [0.1, 0.15) is 42.6 Å². The molecule has 146 valence electrons. The highest BCUT2D eigenvalue weighted by molar-refractivity contribution is 5.41. The number of nitrogens with one attached hydrogen (secondary N) is 1. The highest BCUT2D eigenvalue weighted by atomic mass is 15.3. The summed E-state index contributed by atoms with van der Waals surface area (Å²) in [5, 5.41) is 7.81. The maximum Gasteiger partial charge on any atom is 0.174 e. The van der Waals surface area contributed by atoms with Gasteiger partial charge in [-0.15, -0.1) is 0 Å². The Morgan fingerprint density at radius 1 is 0.964 bits per heavy atom. The minimum Gasteiger partial charge on any atom is -0.365 e. The van der Waals surface area contributed by atoms with Gasteiger partial charge in [0, 0.05) is 31.5 Å². The molecule has 0 saturated carbocycles. The number of aryl methyl sites for hydroxylation is 2. The van der Waals surface area contributed by atoms with Gasteiger partial charge in [0.25, 0.3) is 0 Å². The Morgan fingerprint density at radius 3 is 2.46 bits per heavy atom. The molecule has 0 spiro atoms. The third-order valence-corrected chi connectivity index (χ3v) is 5.06. The number of rotatable bonds is 5. The van der Waals surface area contributed by atoms with Crippen molar-refractivity contribution >= 4 is 11.6 Å². The highest BCUT2D eigenvalue weighted by Crippen LogP contribution is 2.18. The lowest BCUT2D eigenvalue weighted by molar-refractivity contribution is 0.726. The van der Waals surface area contributed by atoms with E-state index in [1.807, 2.05) is 30.8 Å². The van der Waals surface area contributed by atoms with Crippen molar-refractivity contribution in [3.63, 3.8) is 0 Å². The van der Waals surface area contributed by atoms with E-state index in [1.54, 1.807) is 12.4 Å². The maximum atomic E-state index is 4.67. The molecule has 7 heteroatoms. The van der Waals surface area contributed by atoms with Crippen LogP contribution < -0.4 is 10.2 Å². The third-order valence-electron chi connectivity index (χ3n) is 5.06. The summed E-state index contributed by atoms with van der Waals surface area (Å²) in [5.74, 6) is 2.52. The Morgan fingerprint density at radius 2 is 1.79 bits per heavy atom. The zero-order valence-corrected chi connectivity index (χ0v) is 16.6. The zero-order valence-electron chi connectivity index (χ0n) is 16.6. The quantitative estimate of drug-likeness (QED) is 0.731. The van der Waals surface area contributed by atoms with Crippen LogP contribution in [0, 0.1) is 13.8 Å². The fourth-order valence-electron chi connectivity index (χ4n) is 3.60. The lowest BCUT2D eigenvalue weighted by Crippen LogP contribution is -2.24. The Kier molecular flexibility index (Phi) is 5.50. The second-order valence-electron chi connectivity index (χ2n) is 7.38. The first-order chi connectivity index (χ1) is 13.7. The van der Waals surface area contributed by atoms with E-state index in [-0.39, 0.29) is 0 Å². The Bertz CT molecular complexity index is 909. The minimum atomic E-state index is 0.655. The number of hydrogen-bond donors (Lipinski definition) is 1. The second kappa shape index (κ2) is 8.37. The highest BCUT2D eigenvalue weighted by Gasteiger charge is 2.11. The number of aromatic nitrogens is 5. The minimum absolute atomic E-state index is 0.655. The summed E-state index contributed by atoms with van der Waals surface area (Å²) in [6.07, 6.45) is 10.6. The predicted octanol–water partition coefficient (Wildman–Crippen LogP) is 3.67. The van der Waals surface area contributed by atoms with Gasteiger partial charge in [0.15, 0.2) is 5.82 Å². The van der Waals surface area contributed by atoms with Crippen LogP contribution in [-0.2, 0) is 6.54 Å². The summed E-state index contributed by atoms with van der Waals surface area (Å²) in [6, 6.07) is 6.29. The van der Waals surface area contributed by atoms with Crippen LogP contribution in [0.25, 0.3) is 5.82 Å². The van der Waals surface area contributed by atoms with E-state index >= 15 is 0 Å². The Labute approximate surface area is 165 Å². The molecule has 1 saturated heterocycles. The number of pyridine rings is 1. The molecular formula is C21H27N7. The molecule has 0 bridgehead atoms. The zero-order chi connectivity index (χ0) is 19.3. The van der Waals surface area contributed by atoms with Crippen LogP contribution in [-0.4, -0.2) is 37.8 Å². The largest absolute Gasteiger partial charge is 0.365 e. The first-order valence-electron chi connectivity index (χ1n) is 9.98. The monoisotopic (exact) mass is 377 g/mol. The number of nitrogens with zero attached hydrogens (tertiary/aromatic N) is 6. The number of hydrogen-bond acceptors (Lipinski definition) is 6. The third kappa shape index (κ3) is 4.30. The summed E-state index contributed by atoms with van der Waals surface area (Å²) in [4.78, 5) is 16.0. The van der Waals surface area contributed by atoms with Crippen molar-refractivity contribution in [3.05, 3.63) is 53.7 Å². The van der Waals surface area contributed by atoms with Crippen LogP contribution in [0.4, 0.5) is 11.6 Å². The van der Waals surface area contributed by atoms with Gasteiger partial charge < -0.3 is 10.2 Å². The first kappa shape index (κ1) is 18.4. The average Bonchev–Trinajstić information content (AvgIpc) is 2.90. The second-order valence-corrected chi connectivity index (χ2v) is 7.38.